The van der Waals surface area contributed by atoms with Gasteiger partial charge in [0.25, 0.3) is 0 Å². The number of hydrogen-bond donors (Lipinski definition) is 0. The van der Waals surface area contributed by atoms with Gasteiger partial charge in [-0.05, 0) is 42.4 Å². The molecule has 1 unspecified atom stereocenters. The van der Waals surface area contributed by atoms with Crippen molar-refractivity contribution in [3.05, 3.63) is 29.7 Å². The van der Waals surface area contributed by atoms with E-state index in [9.17, 15) is 4.79 Å². The van der Waals surface area contributed by atoms with Crippen molar-refractivity contribution in [2.24, 2.45) is 5.92 Å². The third-order valence-electron chi connectivity index (χ3n) is 3.29. The zero-order valence-electron chi connectivity index (χ0n) is 10.1. The maximum atomic E-state index is 10.9. The first-order valence-electron chi connectivity index (χ1n) is 6.24. The summed E-state index contributed by atoms with van der Waals surface area (Å²) in [5.74, 6) is 4.03. The van der Waals surface area contributed by atoms with Crippen LogP contribution in [0, 0.1) is 5.92 Å². The van der Waals surface area contributed by atoms with Crippen molar-refractivity contribution in [1.29, 1.82) is 0 Å². The second-order valence-corrected chi connectivity index (χ2v) is 5.81. The minimum absolute atomic E-state index is 0.606. The van der Waals surface area contributed by atoms with Crippen LogP contribution < -0.4 is 0 Å². The number of nitrogens with zero attached hydrogens (tertiary/aromatic N) is 3. The van der Waals surface area contributed by atoms with E-state index in [1.54, 1.807) is 10.6 Å². The van der Waals surface area contributed by atoms with Crippen LogP contribution in [0.3, 0.4) is 0 Å². The average molecular weight is 261 g/mol. The Kier molecular flexibility index (Phi) is 3.32. The SMILES string of the molecule is O=Cc1cccn2nc(CC3CCCSC3)nc12. The monoisotopic (exact) mass is 261 g/mol. The molecule has 3 rings (SSSR count). The molecule has 94 valence electrons. The van der Waals surface area contributed by atoms with Gasteiger partial charge in [-0.3, -0.25) is 4.79 Å². The summed E-state index contributed by atoms with van der Waals surface area (Å²) in [6.07, 6.45) is 6.16. The molecule has 0 N–H and O–H groups in total. The summed E-state index contributed by atoms with van der Waals surface area (Å²) in [7, 11) is 0. The Morgan fingerprint density at radius 1 is 1.56 bits per heavy atom. The van der Waals surface area contributed by atoms with Crippen molar-refractivity contribution in [3.8, 4) is 0 Å². The molecule has 1 aliphatic rings. The first kappa shape index (κ1) is 11.7. The topological polar surface area (TPSA) is 47.3 Å². The van der Waals surface area contributed by atoms with Crippen LogP contribution in [0.5, 0.6) is 0 Å². The summed E-state index contributed by atoms with van der Waals surface area (Å²) in [6.45, 7) is 0. The average Bonchev–Trinajstić information content (AvgIpc) is 2.82. The van der Waals surface area contributed by atoms with Crippen LogP contribution in [-0.2, 0) is 6.42 Å². The summed E-state index contributed by atoms with van der Waals surface area (Å²) in [5, 5.41) is 4.45. The van der Waals surface area contributed by atoms with Gasteiger partial charge in [0.1, 0.15) is 0 Å². The van der Waals surface area contributed by atoms with Crippen molar-refractivity contribution in [3.63, 3.8) is 0 Å². The Morgan fingerprint density at radius 3 is 3.28 bits per heavy atom. The maximum Gasteiger partial charge on any atom is 0.166 e. The molecule has 3 heterocycles. The van der Waals surface area contributed by atoms with E-state index in [0.717, 1.165) is 18.5 Å². The summed E-state index contributed by atoms with van der Waals surface area (Å²) < 4.78 is 1.70. The second kappa shape index (κ2) is 5.10. The van der Waals surface area contributed by atoms with Crippen LogP contribution in [-0.4, -0.2) is 32.4 Å². The molecule has 0 saturated carbocycles. The molecule has 1 aliphatic heterocycles. The van der Waals surface area contributed by atoms with Gasteiger partial charge in [0.15, 0.2) is 17.8 Å². The van der Waals surface area contributed by atoms with E-state index in [1.165, 1.54) is 24.3 Å². The molecule has 0 spiro atoms. The lowest BCUT2D eigenvalue weighted by molar-refractivity contribution is 0.112. The van der Waals surface area contributed by atoms with Gasteiger partial charge in [-0.2, -0.15) is 16.9 Å². The third kappa shape index (κ3) is 2.27. The standard InChI is InChI=1S/C13H15N3OS/c17-8-11-4-1-5-16-13(11)14-12(15-16)7-10-3-2-6-18-9-10/h1,4-5,8,10H,2-3,6-7,9H2. The Hall–Kier alpha value is -1.36. The first-order valence-corrected chi connectivity index (χ1v) is 7.39. The van der Waals surface area contributed by atoms with E-state index in [1.807, 2.05) is 24.0 Å². The predicted molar refractivity (Wildman–Crippen MR) is 72.1 cm³/mol. The van der Waals surface area contributed by atoms with E-state index in [2.05, 4.69) is 10.1 Å². The van der Waals surface area contributed by atoms with Gasteiger partial charge < -0.3 is 0 Å². The smallest absolute Gasteiger partial charge is 0.166 e. The Balaban J connectivity index is 1.86. The number of carbonyl (C=O) groups is 1. The quantitative estimate of drug-likeness (QED) is 0.795. The number of aromatic nitrogens is 3. The molecular formula is C13H15N3OS. The summed E-state index contributed by atoms with van der Waals surface area (Å²) in [6, 6.07) is 3.60. The van der Waals surface area contributed by atoms with Crippen LogP contribution >= 0.6 is 11.8 Å². The Labute approximate surface area is 110 Å². The number of rotatable bonds is 3. The highest BCUT2D eigenvalue weighted by Crippen LogP contribution is 2.25. The molecule has 0 amide bonds. The van der Waals surface area contributed by atoms with Crippen molar-refractivity contribution in [1.82, 2.24) is 14.6 Å². The van der Waals surface area contributed by atoms with E-state index in [-0.39, 0.29) is 0 Å². The third-order valence-corrected chi connectivity index (χ3v) is 4.57. The number of thioether (sulfide) groups is 1. The Morgan fingerprint density at radius 2 is 2.50 bits per heavy atom. The van der Waals surface area contributed by atoms with Crippen LogP contribution in [0.15, 0.2) is 18.3 Å². The fourth-order valence-corrected chi connectivity index (χ4v) is 3.53. The van der Waals surface area contributed by atoms with Gasteiger partial charge >= 0.3 is 0 Å². The molecule has 0 aliphatic carbocycles. The number of fused-ring (bicyclic) bond motifs is 1. The van der Waals surface area contributed by atoms with Gasteiger partial charge in [-0.25, -0.2) is 9.50 Å². The van der Waals surface area contributed by atoms with E-state index >= 15 is 0 Å². The van der Waals surface area contributed by atoms with Crippen molar-refractivity contribution in [2.45, 2.75) is 19.3 Å². The molecule has 4 nitrogen and oxygen atoms in total. The van der Waals surface area contributed by atoms with Gasteiger partial charge in [-0.15, -0.1) is 0 Å². The van der Waals surface area contributed by atoms with Crippen LogP contribution in [0.4, 0.5) is 0 Å². The van der Waals surface area contributed by atoms with Crippen molar-refractivity contribution >= 4 is 23.7 Å². The zero-order chi connectivity index (χ0) is 12.4. The zero-order valence-corrected chi connectivity index (χ0v) is 10.9. The molecule has 1 atom stereocenters. The first-order chi connectivity index (χ1) is 8.86. The summed E-state index contributed by atoms with van der Waals surface area (Å²) >= 11 is 2.02. The number of carbonyl (C=O) groups excluding carboxylic acids is 1. The molecule has 5 heteroatoms. The highest BCUT2D eigenvalue weighted by molar-refractivity contribution is 7.99. The van der Waals surface area contributed by atoms with Crippen LogP contribution in [0.1, 0.15) is 29.0 Å². The van der Waals surface area contributed by atoms with Crippen LogP contribution in [0.2, 0.25) is 0 Å². The fourth-order valence-electron chi connectivity index (χ4n) is 2.38. The molecule has 0 aromatic carbocycles. The highest BCUT2D eigenvalue weighted by Gasteiger charge is 2.17. The normalized spacial score (nSPS) is 20.1. The van der Waals surface area contributed by atoms with Gasteiger partial charge in [-0.1, -0.05) is 0 Å². The predicted octanol–water partition coefficient (Wildman–Crippen LogP) is 2.23. The molecule has 2 aromatic rings. The Bertz CT molecular complexity index is 560. The maximum absolute atomic E-state index is 10.9. The minimum Gasteiger partial charge on any atom is -0.298 e. The summed E-state index contributed by atoms with van der Waals surface area (Å²) in [5.41, 5.74) is 1.28. The minimum atomic E-state index is 0.606. The fraction of sp³-hybridized carbons (Fsp3) is 0.462. The molecule has 1 fully saturated rings. The summed E-state index contributed by atoms with van der Waals surface area (Å²) in [4.78, 5) is 15.4. The lowest BCUT2D eigenvalue weighted by atomic mass is 10.0. The van der Waals surface area contributed by atoms with Gasteiger partial charge in [0.2, 0.25) is 0 Å². The van der Waals surface area contributed by atoms with Gasteiger partial charge in [0, 0.05) is 12.6 Å². The number of hydrogen-bond acceptors (Lipinski definition) is 4. The molecule has 2 aromatic heterocycles. The number of aldehydes is 1. The molecular weight excluding hydrogens is 246 g/mol. The van der Waals surface area contributed by atoms with E-state index in [4.69, 9.17) is 0 Å². The molecule has 1 saturated heterocycles. The largest absolute Gasteiger partial charge is 0.298 e. The van der Waals surface area contributed by atoms with E-state index in [0.29, 0.717) is 17.1 Å². The molecule has 0 bridgehead atoms. The highest BCUT2D eigenvalue weighted by atomic mass is 32.2. The lowest BCUT2D eigenvalue weighted by Crippen LogP contribution is -2.13. The second-order valence-electron chi connectivity index (χ2n) is 4.66. The van der Waals surface area contributed by atoms with Crippen molar-refractivity contribution in [2.75, 3.05) is 11.5 Å². The molecule has 18 heavy (non-hydrogen) atoms. The van der Waals surface area contributed by atoms with Crippen LogP contribution in [0.25, 0.3) is 5.65 Å². The van der Waals surface area contributed by atoms with Gasteiger partial charge in [0.05, 0.1) is 5.56 Å². The van der Waals surface area contributed by atoms with Crippen molar-refractivity contribution < 1.29 is 4.79 Å². The van der Waals surface area contributed by atoms with E-state index < -0.39 is 0 Å². The number of pyridine rings is 1. The lowest BCUT2D eigenvalue weighted by Gasteiger charge is -2.19. The molecule has 0 radical (unpaired) electrons.